The largest absolute Gasteiger partial charge is 0.309 e. The molecule has 0 spiro atoms. The number of aromatic nitrogens is 2. The molecule has 6 nitrogen and oxygen atoms in total. The van der Waals surface area contributed by atoms with Gasteiger partial charge >= 0.3 is 0 Å². The van der Waals surface area contributed by atoms with Crippen LogP contribution in [0.1, 0.15) is 39.9 Å². The van der Waals surface area contributed by atoms with Crippen molar-refractivity contribution in [1.82, 2.24) is 15.4 Å². The maximum atomic E-state index is 12.3. The van der Waals surface area contributed by atoms with E-state index in [1.54, 1.807) is 0 Å². The fraction of sp³-hybridized carbons (Fsp3) is 0.300. The third-order valence-corrected chi connectivity index (χ3v) is 5.65. The van der Waals surface area contributed by atoms with Crippen molar-refractivity contribution in [2.45, 2.75) is 41.0 Å². The third-order valence-electron chi connectivity index (χ3n) is 4.55. The summed E-state index contributed by atoms with van der Waals surface area (Å²) >= 11 is 1.46. The number of aromatic amines is 1. The Bertz CT molecular complexity index is 1120. The van der Waals surface area contributed by atoms with Crippen molar-refractivity contribution in [2.24, 2.45) is 5.10 Å². The Morgan fingerprint density at radius 1 is 1.26 bits per heavy atom. The second kappa shape index (κ2) is 7.44. The van der Waals surface area contributed by atoms with Gasteiger partial charge in [-0.1, -0.05) is 17.7 Å². The van der Waals surface area contributed by atoms with E-state index < -0.39 is 0 Å². The minimum Gasteiger partial charge on any atom is -0.309 e. The first-order valence-corrected chi connectivity index (χ1v) is 9.47. The summed E-state index contributed by atoms with van der Waals surface area (Å²) in [5.74, 6) is 0.0120. The van der Waals surface area contributed by atoms with Crippen molar-refractivity contribution in [3.63, 3.8) is 0 Å². The molecular formula is C20H22N4O2S. The van der Waals surface area contributed by atoms with Crippen LogP contribution in [-0.4, -0.2) is 21.6 Å². The average Bonchev–Trinajstić information content (AvgIpc) is 2.89. The van der Waals surface area contributed by atoms with E-state index in [2.05, 4.69) is 20.5 Å². The van der Waals surface area contributed by atoms with Gasteiger partial charge in [0.25, 0.3) is 5.56 Å². The predicted octanol–water partition coefficient (Wildman–Crippen LogP) is 3.30. The minimum atomic E-state index is -0.327. The highest BCUT2D eigenvalue weighted by Gasteiger charge is 2.13. The first-order chi connectivity index (χ1) is 12.8. The maximum Gasteiger partial charge on any atom is 0.259 e. The molecule has 0 saturated carbocycles. The number of benzene rings is 1. The Morgan fingerprint density at radius 2 is 2.00 bits per heavy atom. The molecule has 0 radical (unpaired) electrons. The topological polar surface area (TPSA) is 87.2 Å². The highest BCUT2D eigenvalue weighted by Crippen LogP contribution is 2.25. The van der Waals surface area contributed by atoms with E-state index in [0.717, 1.165) is 32.8 Å². The summed E-state index contributed by atoms with van der Waals surface area (Å²) in [5, 5.41) is 4.80. The number of hydrogen-bond donors (Lipinski definition) is 2. The van der Waals surface area contributed by atoms with Crippen molar-refractivity contribution in [1.29, 1.82) is 0 Å². The number of H-pyrrole nitrogens is 1. The quantitative estimate of drug-likeness (QED) is 0.536. The lowest BCUT2D eigenvalue weighted by molar-refractivity contribution is -0.120. The predicted molar refractivity (Wildman–Crippen MR) is 110 cm³/mol. The first-order valence-electron chi connectivity index (χ1n) is 8.66. The summed E-state index contributed by atoms with van der Waals surface area (Å²) in [6.45, 7) is 9.73. The molecule has 0 aliphatic rings. The molecule has 0 atom stereocenters. The summed E-state index contributed by atoms with van der Waals surface area (Å²) in [6, 6.07) is 6.10. The van der Waals surface area contributed by atoms with Crippen LogP contribution in [0.2, 0.25) is 0 Å². The minimum absolute atomic E-state index is 0.0369. The summed E-state index contributed by atoms with van der Waals surface area (Å²) in [4.78, 5) is 33.4. The molecule has 0 bridgehead atoms. The molecule has 0 fully saturated rings. The van der Waals surface area contributed by atoms with Gasteiger partial charge in [-0.2, -0.15) is 5.10 Å². The number of hydrogen-bond acceptors (Lipinski definition) is 5. The molecule has 27 heavy (non-hydrogen) atoms. The van der Waals surface area contributed by atoms with Gasteiger partial charge in [-0.05, 0) is 51.8 Å². The fourth-order valence-electron chi connectivity index (χ4n) is 2.91. The summed E-state index contributed by atoms with van der Waals surface area (Å²) in [6.07, 6.45) is -0.0369. The molecule has 0 aliphatic carbocycles. The zero-order valence-corrected chi connectivity index (χ0v) is 16.9. The van der Waals surface area contributed by atoms with Crippen LogP contribution < -0.4 is 11.0 Å². The number of nitrogens with one attached hydrogen (secondary N) is 2. The molecule has 3 rings (SSSR count). The van der Waals surface area contributed by atoms with Crippen molar-refractivity contribution in [2.75, 3.05) is 0 Å². The molecule has 0 aliphatic heterocycles. The zero-order chi connectivity index (χ0) is 19.7. The molecule has 7 heteroatoms. The molecule has 2 N–H and O–H groups in total. The Morgan fingerprint density at radius 3 is 2.74 bits per heavy atom. The van der Waals surface area contributed by atoms with Gasteiger partial charge < -0.3 is 4.98 Å². The van der Waals surface area contributed by atoms with Gasteiger partial charge in [-0.15, -0.1) is 11.3 Å². The molecule has 140 valence electrons. The molecule has 0 saturated heterocycles. The highest BCUT2D eigenvalue weighted by molar-refractivity contribution is 7.18. The van der Waals surface area contributed by atoms with Crippen LogP contribution in [0.3, 0.4) is 0 Å². The van der Waals surface area contributed by atoms with E-state index in [-0.39, 0.29) is 17.9 Å². The summed E-state index contributed by atoms with van der Waals surface area (Å²) in [5.41, 5.74) is 7.23. The highest BCUT2D eigenvalue weighted by atomic mass is 32.1. The van der Waals surface area contributed by atoms with Crippen LogP contribution >= 0.6 is 11.3 Å². The van der Waals surface area contributed by atoms with E-state index in [4.69, 9.17) is 0 Å². The van der Waals surface area contributed by atoms with Gasteiger partial charge in [0.1, 0.15) is 10.7 Å². The summed E-state index contributed by atoms with van der Waals surface area (Å²) < 4.78 is 0. The van der Waals surface area contributed by atoms with Gasteiger partial charge in [0, 0.05) is 10.4 Å². The number of carbonyl (C=O) groups is 1. The van der Waals surface area contributed by atoms with Gasteiger partial charge in [-0.3, -0.25) is 9.59 Å². The van der Waals surface area contributed by atoms with Gasteiger partial charge in [0.2, 0.25) is 5.91 Å². The second-order valence-electron chi connectivity index (χ2n) is 6.70. The molecule has 0 unspecified atom stereocenters. The number of aryl methyl sites for hydroxylation is 4. The number of thiophene rings is 1. The maximum absolute atomic E-state index is 12.3. The Balaban J connectivity index is 1.77. The van der Waals surface area contributed by atoms with Crippen molar-refractivity contribution >= 4 is 33.2 Å². The smallest absolute Gasteiger partial charge is 0.259 e. The number of fused-ring (bicyclic) bond motifs is 1. The number of carbonyl (C=O) groups excluding carboxylic acids is 1. The van der Waals surface area contributed by atoms with Crippen LogP contribution in [0, 0.1) is 27.7 Å². The van der Waals surface area contributed by atoms with Crippen LogP contribution in [0.25, 0.3) is 10.2 Å². The molecular weight excluding hydrogens is 360 g/mol. The number of nitrogens with zero attached hydrogens (tertiary/aromatic N) is 2. The standard InChI is InChI=1S/C20H22N4O2S/c1-10-6-7-11(2)15(8-10)13(4)23-24-17(25)9-16-21-19(26)18-12(3)14(5)27-20(18)22-16/h6-8H,9H2,1-5H3,(H,24,25)(H,21,22,26)/b23-13-. The number of amides is 1. The third kappa shape index (κ3) is 3.98. The van der Waals surface area contributed by atoms with Crippen molar-refractivity contribution < 1.29 is 4.79 Å². The molecule has 1 amide bonds. The SMILES string of the molecule is C/C(=N/NC(=O)Cc1nc2sc(C)c(C)c2c(=O)[nH]1)c1cc(C)ccc1C. The lowest BCUT2D eigenvalue weighted by Crippen LogP contribution is -2.24. The van der Waals surface area contributed by atoms with Crippen molar-refractivity contribution in [3.05, 3.63) is 61.5 Å². The fourth-order valence-corrected chi connectivity index (χ4v) is 3.96. The Labute approximate surface area is 161 Å². The molecule has 1 aromatic carbocycles. The van der Waals surface area contributed by atoms with Crippen LogP contribution in [0.5, 0.6) is 0 Å². The summed E-state index contributed by atoms with van der Waals surface area (Å²) in [7, 11) is 0. The molecule has 2 heterocycles. The van der Waals surface area contributed by atoms with E-state index in [9.17, 15) is 9.59 Å². The first kappa shape index (κ1) is 19.0. The lowest BCUT2D eigenvalue weighted by atomic mass is 10.0. The Kier molecular flexibility index (Phi) is 5.23. The molecule has 2 aromatic heterocycles. The average molecular weight is 382 g/mol. The second-order valence-corrected chi connectivity index (χ2v) is 7.91. The normalized spacial score (nSPS) is 11.8. The zero-order valence-electron chi connectivity index (χ0n) is 16.1. The van der Waals surface area contributed by atoms with E-state index in [1.165, 1.54) is 11.3 Å². The molecule has 3 aromatic rings. The van der Waals surface area contributed by atoms with Crippen LogP contribution in [0.4, 0.5) is 0 Å². The van der Waals surface area contributed by atoms with E-state index >= 15 is 0 Å². The number of rotatable bonds is 4. The Hall–Kier alpha value is -2.80. The van der Waals surface area contributed by atoms with Crippen LogP contribution in [0.15, 0.2) is 28.1 Å². The van der Waals surface area contributed by atoms with Crippen LogP contribution in [-0.2, 0) is 11.2 Å². The van der Waals surface area contributed by atoms with E-state index in [1.807, 2.05) is 52.8 Å². The van der Waals surface area contributed by atoms with Gasteiger partial charge in [0.05, 0.1) is 17.5 Å². The monoisotopic (exact) mass is 382 g/mol. The van der Waals surface area contributed by atoms with Gasteiger partial charge in [0.15, 0.2) is 0 Å². The number of hydrazone groups is 1. The lowest BCUT2D eigenvalue weighted by Gasteiger charge is -2.07. The van der Waals surface area contributed by atoms with Crippen molar-refractivity contribution in [3.8, 4) is 0 Å². The van der Waals surface area contributed by atoms with E-state index in [0.29, 0.717) is 16.0 Å². The van der Waals surface area contributed by atoms with Gasteiger partial charge in [-0.25, -0.2) is 10.4 Å².